The largest absolute Gasteiger partial charge is 0.350 e. The van der Waals surface area contributed by atoms with E-state index in [0.717, 1.165) is 11.1 Å². The lowest BCUT2D eigenvalue weighted by molar-refractivity contribution is 0.0942. The molecule has 0 unspecified atom stereocenters. The van der Waals surface area contributed by atoms with E-state index in [1.54, 1.807) is 35.2 Å². The summed E-state index contributed by atoms with van der Waals surface area (Å²) in [5.41, 5.74) is 3.65. The van der Waals surface area contributed by atoms with Gasteiger partial charge in [-0.15, -0.1) is 0 Å². The van der Waals surface area contributed by atoms with Crippen LogP contribution in [0.1, 0.15) is 31.8 Å². The first-order chi connectivity index (χ1) is 14.0. The molecule has 3 aromatic rings. The summed E-state index contributed by atoms with van der Waals surface area (Å²) in [6, 6.07) is 20.4. The van der Waals surface area contributed by atoms with Crippen LogP contribution in [0.15, 0.2) is 72.8 Å². The molecule has 0 bridgehead atoms. The lowest BCUT2D eigenvalue weighted by Crippen LogP contribution is -2.39. The van der Waals surface area contributed by atoms with Crippen molar-refractivity contribution in [1.29, 1.82) is 0 Å². The van der Waals surface area contributed by atoms with Crippen molar-refractivity contribution in [3.8, 4) is 0 Å². The number of carbonyl (C=O) groups excluding carboxylic acids is 2. The minimum atomic E-state index is -0.371. The van der Waals surface area contributed by atoms with Crippen LogP contribution in [0.2, 0.25) is 0 Å². The molecule has 5 heteroatoms. The van der Waals surface area contributed by atoms with Gasteiger partial charge in [0.15, 0.2) is 0 Å². The van der Waals surface area contributed by atoms with E-state index in [4.69, 9.17) is 0 Å². The highest BCUT2D eigenvalue weighted by molar-refractivity contribution is 6.06. The van der Waals surface area contributed by atoms with Crippen LogP contribution in [-0.4, -0.2) is 24.9 Å². The fourth-order valence-electron chi connectivity index (χ4n) is 3.03. The van der Waals surface area contributed by atoms with Gasteiger partial charge < -0.3 is 10.2 Å². The smallest absolute Gasteiger partial charge is 0.258 e. The molecule has 0 aromatic heterocycles. The first-order valence-electron chi connectivity index (χ1n) is 9.43. The molecule has 0 aliphatic carbocycles. The Labute approximate surface area is 170 Å². The predicted octanol–water partition coefficient (Wildman–Crippen LogP) is 4.52. The van der Waals surface area contributed by atoms with Crippen LogP contribution in [0, 0.1) is 19.7 Å². The Morgan fingerprint density at radius 1 is 0.897 bits per heavy atom. The van der Waals surface area contributed by atoms with Crippen LogP contribution in [0.3, 0.4) is 0 Å². The molecule has 0 saturated heterocycles. The van der Waals surface area contributed by atoms with Gasteiger partial charge >= 0.3 is 0 Å². The van der Waals surface area contributed by atoms with Crippen molar-refractivity contribution in [3.63, 3.8) is 0 Å². The van der Waals surface area contributed by atoms with Crippen molar-refractivity contribution in [2.75, 3.05) is 18.0 Å². The Balaban J connectivity index is 1.75. The summed E-state index contributed by atoms with van der Waals surface area (Å²) < 4.78 is 13.3. The SMILES string of the molecule is Cc1ccc(C(=O)N(CCNC(=O)c2ccccc2C)c2ccc(F)cc2)cc1. The second-order valence-electron chi connectivity index (χ2n) is 6.87. The Bertz CT molecular complexity index is 998. The standard InChI is InChI=1S/C24H23FN2O2/c1-17-7-9-19(10-8-17)24(29)27(21-13-11-20(25)12-14-21)16-15-26-23(28)22-6-4-3-5-18(22)2/h3-14H,15-16H2,1-2H3,(H,26,28). The van der Waals surface area contributed by atoms with Crippen LogP contribution in [-0.2, 0) is 0 Å². The Morgan fingerprint density at radius 3 is 2.21 bits per heavy atom. The Kier molecular flexibility index (Phi) is 6.39. The number of anilines is 1. The lowest BCUT2D eigenvalue weighted by Gasteiger charge is -2.23. The molecule has 4 nitrogen and oxygen atoms in total. The monoisotopic (exact) mass is 390 g/mol. The maximum Gasteiger partial charge on any atom is 0.258 e. The van der Waals surface area contributed by atoms with E-state index in [1.807, 2.05) is 44.2 Å². The van der Waals surface area contributed by atoms with E-state index in [-0.39, 0.29) is 30.7 Å². The van der Waals surface area contributed by atoms with Crippen molar-refractivity contribution in [3.05, 3.63) is 101 Å². The fourth-order valence-corrected chi connectivity index (χ4v) is 3.03. The molecular weight excluding hydrogens is 367 g/mol. The second-order valence-corrected chi connectivity index (χ2v) is 6.87. The van der Waals surface area contributed by atoms with Crippen LogP contribution < -0.4 is 10.2 Å². The van der Waals surface area contributed by atoms with Gasteiger partial charge in [0.2, 0.25) is 0 Å². The van der Waals surface area contributed by atoms with Gasteiger partial charge in [0.25, 0.3) is 11.8 Å². The number of aryl methyl sites for hydroxylation is 2. The zero-order valence-corrected chi connectivity index (χ0v) is 16.5. The predicted molar refractivity (Wildman–Crippen MR) is 113 cm³/mol. The fraction of sp³-hybridized carbons (Fsp3) is 0.167. The summed E-state index contributed by atoms with van der Waals surface area (Å²) in [5, 5.41) is 2.86. The minimum Gasteiger partial charge on any atom is -0.350 e. The van der Waals surface area contributed by atoms with Crippen molar-refractivity contribution >= 4 is 17.5 Å². The maximum absolute atomic E-state index is 13.3. The molecule has 29 heavy (non-hydrogen) atoms. The molecule has 0 spiro atoms. The van der Waals surface area contributed by atoms with E-state index in [1.165, 1.54) is 12.1 Å². The number of hydrogen-bond acceptors (Lipinski definition) is 2. The van der Waals surface area contributed by atoms with Gasteiger partial charge in [0, 0.05) is 29.9 Å². The number of rotatable bonds is 6. The average molecular weight is 390 g/mol. The lowest BCUT2D eigenvalue weighted by atomic mass is 10.1. The first kappa shape index (κ1) is 20.3. The van der Waals surface area contributed by atoms with Crippen LogP contribution in [0.25, 0.3) is 0 Å². The third kappa shape index (κ3) is 5.08. The third-order valence-corrected chi connectivity index (χ3v) is 4.69. The molecule has 0 aliphatic rings. The van der Waals surface area contributed by atoms with E-state index >= 15 is 0 Å². The summed E-state index contributed by atoms with van der Waals surface area (Å²) in [6.45, 7) is 4.35. The molecule has 0 radical (unpaired) electrons. The van der Waals surface area contributed by atoms with Crippen molar-refractivity contribution in [1.82, 2.24) is 5.32 Å². The van der Waals surface area contributed by atoms with E-state index in [9.17, 15) is 14.0 Å². The number of benzene rings is 3. The van der Waals surface area contributed by atoms with Crippen molar-refractivity contribution < 1.29 is 14.0 Å². The average Bonchev–Trinajstić information content (AvgIpc) is 2.72. The molecule has 0 aliphatic heterocycles. The molecule has 148 valence electrons. The van der Waals surface area contributed by atoms with E-state index in [2.05, 4.69) is 5.32 Å². The highest BCUT2D eigenvalue weighted by atomic mass is 19.1. The zero-order chi connectivity index (χ0) is 20.8. The van der Waals surface area contributed by atoms with Gasteiger partial charge in [-0.05, 0) is 61.9 Å². The zero-order valence-electron chi connectivity index (χ0n) is 16.5. The van der Waals surface area contributed by atoms with Crippen LogP contribution >= 0.6 is 0 Å². The quantitative estimate of drug-likeness (QED) is 0.673. The van der Waals surface area contributed by atoms with Gasteiger partial charge in [-0.3, -0.25) is 9.59 Å². The number of halogens is 1. The number of amides is 2. The van der Waals surface area contributed by atoms with Gasteiger partial charge in [-0.1, -0.05) is 35.9 Å². The van der Waals surface area contributed by atoms with Crippen molar-refractivity contribution in [2.45, 2.75) is 13.8 Å². The first-order valence-corrected chi connectivity index (χ1v) is 9.43. The number of nitrogens with zero attached hydrogens (tertiary/aromatic N) is 1. The highest BCUT2D eigenvalue weighted by Crippen LogP contribution is 2.18. The van der Waals surface area contributed by atoms with Crippen LogP contribution in [0.5, 0.6) is 0 Å². The number of carbonyl (C=O) groups is 2. The number of nitrogens with one attached hydrogen (secondary N) is 1. The second kappa shape index (κ2) is 9.15. The summed E-state index contributed by atoms with van der Waals surface area (Å²) in [6.07, 6.45) is 0. The summed E-state index contributed by atoms with van der Waals surface area (Å²) in [7, 11) is 0. The number of hydrogen-bond donors (Lipinski definition) is 1. The maximum atomic E-state index is 13.3. The molecule has 3 aromatic carbocycles. The minimum absolute atomic E-state index is 0.190. The summed E-state index contributed by atoms with van der Waals surface area (Å²) >= 11 is 0. The normalized spacial score (nSPS) is 10.4. The van der Waals surface area contributed by atoms with Gasteiger partial charge in [-0.2, -0.15) is 0 Å². The third-order valence-electron chi connectivity index (χ3n) is 4.69. The highest BCUT2D eigenvalue weighted by Gasteiger charge is 2.18. The van der Waals surface area contributed by atoms with E-state index < -0.39 is 0 Å². The summed E-state index contributed by atoms with van der Waals surface area (Å²) in [5.74, 6) is -0.768. The van der Waals surface area contributed by atoms with E-state index in [0.29, 0.717) is 16.8 Å². The molecule has 0 atom stereocenters. The van der Waals surface area contributed by atoms with Gasteiger partial charge in [0.1, 0.15) is 5.82 Å². The van der Waals surface area contributed by atoms with Gasteiger partial charge in [0.05, 0.1) is 0 Å². The van der Waals surface area contributed by atoms with Crippen LogP contribution in [0.4, 0.5) is 10.1 Å². The Morgan fingerprint density at radius 2 is 1.55 bits per heavy atom. The summed E-state index contributed by atoms with van der Waals surface area (Å²) in [4.78, 5) is 27.0. The van der Waals surface area contributed by atoms with Gasteiger partial charge in [-0.25, -0.2) is 4.39 Å². The topological polar surface area (TPSA) is 49.4 Å². The molecule has 3 rings (SSSR count). The van der Waals surface area contributed by atoms with Crippen molar-refractivity contribution in [2.24, 2.45) is 0 Å². The Hall–Kier alpha value is -3.47. The molecule has 0 heterocycles. The molecule has 2 amide bonds. The molecule has 0 saturated carbocycles. The molecular formula is C24H23FN2O2. The molecule has 0 fully saturated rings. The molecule has 1 N–H and O–H groups in total.